The molecule has 3 N–H and O–H groups in total. The van der Waals surface area contributed by atoms with Gasteiger partial charge in [-0.3, -0.25) is 14.4 Å². The highest BCUT2D eigenvalue weighted by Gasteiger charge is 2.27. The molecule has 1 aliphatic rings. The second-order valence-electron chi connectivity index (χ2n) is 10.4. The highest BCUT2D eigenvalue weighted by molar-refractivity contribution is 6.06. The van der Waals surface area contributed by atoms with Gasteiger partial charge in [-0.2, -0.15) is 0 Å². The summed E-state index contributed by atoms with van der Waals surface area (Å²) in [6, 6.07) is 19.9. The first-order valence-electron chi connectivity index (χ1n) is 14.5. The Morgan fingerprint density at radius 2 is 1.50 bits per heavy atom. The number of methoxy groups -OCH3 is 1. The van der Waals surface area contributed by atoms with Crippen LogP contribution in [-0.2, 0) is 14.4 Å². The van der Waals surface area contributed by atoms with Crippen LogP contribution in [-0.4, -0.2) is 77.9 Å². The summed E-state index contributed by atoms with van der Waals surface area (Å²) in [5.41, 5.74) is 2.40. The number of nitrogens with one attached hydrogen (secondary N) is 1. The average Bonchev–Trinajstić information content (AvgIpc) is 3.04. The van der Waals surface area contributed by atoms with Crippen LogP contribution in [0, 0.1) is 11.7 Å². The number of Topliss-reactive ketones (excluding diaryl/α,β-unsaturated/α-hetero) is 1. The quantitative estimate of drug-likeness (QED) is 0.201. The molecule has 1 saturated heterocycles. The number of nitrogens with zero attached hydrogens (tertiary/aromatic N) is 2. The molecule has 46 heavy (non-hydrogen) atoms. The van der Waals surface area contributed by atoms with Gasteiger partial charge in [-0.05, 0) is 86.6 Å². The van der Waals surface area contributed by atoms with Crippen LogP contribution in [0.15, 0.2) is 84.9 Å². The van der Waals surface area contributed by atoms with Crippen LogP contribution in [0.3, 0.4) is 0 Å². The van der Waals surface area contributed by atoms with E-state index in [1.54, 1.807) is 48.4 Å². The number of ketones is 1. The third-order valence-electron chi connectivity index (χ3n) is 7.16. The molecule has 0 atom stereocenters. The molecule has 1 heterocycles. The third kappa shape index (κ3) is 11.0. The normalized spacial score (nSPS) is 13.3. The lowest BCUT2D eigenvalue weighted by molar-refractivity contribution is -0.134. The zero-order valence-corrected chi connectivity index (χ0v) is 25.5. The smallest absolute Gasteiger partial charge is 0.328 e. The van der Waals surface area contributed by atoms with Crippen molar-refractivity contribution in [3.63, 3.8) is 0 Å². The number of carbonyl (C=O) groups is 5. The van der Waals surface area contributed by atoms with Gasteiger partial charge < -0.3 is 30.1 Å². The summed E-state index contributed by atoms with van der Waals surface area (Å²) in [6.07, 6.45) is 2.55. The predicted octanol–water partition coefficient (Wildman–Crippen LogP) is 4.75. The Labute approximate surface area is 265 Å². The molecule has 1 aliphatic heterocycles. The number of aliphatic carboxylic acids is 2. The number of piperidine rings is 1. The summed E-state index contributed by atoms with van der Waals surface area (Å²) < 4.78 is 18.6. The Kier molecular flexibility index (Phi) is 13.1. The van der Waals surface area contributed by atoms with Crippen LogP contribution < -0.4 is 15.0 Å². The molecular formula is C34H36FN3O8. The Bertz CT molecular complexity index is 1530. The maximum Gasteiger partial charge on any atom is 0.328 e. The van der Waals surface area contributed by atoms with Gasteiger partial charge in [0, 0.05) is 66.7 Å². The molecule has 242 valence electrons. The minimum Gasteiger partial charge on any atom is -0.497 e. The first kappa shape index (κ1) is 35.1. The second kappa shape index (κ2) is 17.2. The van der Waals surface area contributed by atoms with Crippen molar-refractivity contribution in [2.75, 3.05) is 43.5 Å². The van der Waals surface area contributed by atoms with E-state index in [9.17, 15) is 28.4 Å². The molecule has 3 aromatic carbocycles. The minimum atomic E-state index is -1.26. The topological polar surface area (TPSA) is 154 Å². The fraction of sp³-hybridized carbons (Fsp3) is 0.265. The van der Waals surface area contributed by atoms with Gasteiger partial charge in [-0.15, -0.1) is 0 Å². The number of likely N-dealkylation sites (tertiary alicyclic amines) is 1. The van der Waals surface area contributed by atoms with Crippen LogP contribution in [0.1, 0.15) is 40.5 Å². The van der Waals surface area contributed by atoms with Gasteiger partial charge in [-0.25, -0.2) is 14.0 Å². The monoisotopic (exact) mass is 633 g/mol. The molecule has 0 radical (unpaired) electrons. The van der Waals surface area contributed by atoms with E-state index in [0.717, 1.165) is 18.8 Å². The Morgan fingerprint density at radius 3 is 2.04 bits per heavy atom. The van der Waals surface area contributed by atoms with Crippen molar-refractivity contribution in [3.8, 4) is 5.75 Å². The molecule has 2 amide bonds. The number of ether oxygens (including phenoxy) is 1. The number of anilines is 2. The van der Waals surface area contributed by atoms with E-state index in [-0.39, 0.29) is 29.3 Å². The van der Waals surface area contributed by atoms with Crippen LogP contribution in [0.2, 0.25) is 0 Å². The van der Waals surface area contributed by atoms with E-state index >= 15 is 0 Å². The molecular weight excluding hydrogens is 597 g/mol. The SMILES string of the molecule is COc1cccc(N(CCN2CCC(C(=O)c3ccc(F)cc3)CC2)C(=O)c2ccc(NC(C)=O)cc2)c1.O=C(O)C=CC(=O)O. The maximum absolute atomic E-state index is 13.6. The summed E-state index contributed by atoms with van der Waals surface area (Å²) in [6.45, 7) is 4.01. The Balaban J connectivity index is 0.000000637. The van der Waals surface area contributed by atoms with Crippen LogP contribution in [0.5, 0.6) is 5.75 Å². The van der Waals surface area contributed by atoms with Gasteiger partial charge in [0.1, 0.15) is 11.6 Å². The van der Waals surface area contributed by atoms with Gasteiger partial charge in [-0.1, -0.05) is 6.07 Å². The number of carbonyl (C=O) groups excluding carboxylic acids is 3. The molecule has 0 unspecified atom stereocenters. The van der Waals surface area contributed by atoms with Gasteiger partial charge >= 0.3 is 11.9 Å². The van der Waals surface area contributed by atoms with E-state index in [2.05, 4.69) is 10.2 Å². The van der Waals surface area contributed by atoms with E-state index in [1.807, 2.05) is 24.3 Å². The summed E-state index contributed by atoms with van der Waals surface area (Å²) >= 11 is 0. The van der Waals surface area contributed by atoms with E-state index in [1.165, 1.54) is 19.1 Å². The second-order valence-corrected chi connectivity index (χ2v) is 10.4. The first-order valence-corrected chi connectivity index (χ1v) is 14.5. The first-order chi connectivity index (χ1) is 22.0. The molecule has 3 aromatic rings. The fourth-order valence-corrected chi connectivity index (χ4v) is 4.83. The number of hydrogen-bond acceptors (Lipinski definition) is 7. The summed E-state index contributed by atoms with van der Waals surface area (Å²) in [4.78, 5) is 60.8. The molecule has 12 heteroatoms. The van der Waals surface area contributed by atoms with Crippen molar-refractivity contribution >= 4 is 40.9 Å². The fourth-order valence-electron chi connectivity index (χ4n) is 4.83. The molecule has 0 saturated carbocycles. The summed E-state index contributed by atoms with van der Waals surface area (Å²) in [5, 5.41) is 18.3. The highest BCUT2D eigenvalue weighted by atomic mass is 19.1. The third-order valence-corrected chi connectivity index (χ3v) is 7.16. The molecule has 11 nitrogen and oxygen atoms in total. The van der Waals surface area contributed by atoms with Crippen LogP contribution >= 0.6 is 0 Å². The molecule has 1 fully saturated rings. The average molecular weight is 634 g/mol. The maximum atomic E-state index is 13.6. The largest absolute Gasteiger partial charge is 0.497 e. The van der Waals surface area contributed by atoms with E-state index < -0.39 is 11.9 Å². The molecule has 0 bridgehead atoms. The molecule has 0 aliphatic carbocycles. The van der Waals surface area contributed by atoms with Crippen molar-refractivity contribution in [1.82, 2.24) is 4.90 Å². The van der Waals surface area contributed by atoms with Crippen molar-refractivity contribution in [3.05, 3.63) is 102 Å². The summed E-state index contributed by atoms with van der Waals surface area (Å²) in [5.74, 6) is -2.58. The van der Waals surface area contributed by atoms with Gasteiger partial charge in [0.15, 0.2) is 5.78 Å². The van der Waals surface area contributed by atoms with Gasteiger partial charge in [0.05, 0.1) is 7.11 Å². The Hall–Kier alpha value is -5.36. The van der Waals surface area contributed by atoms with Crippen molar-refractivity contribution in [2.24, 2.45) is 5.92 Å². The Morgan fingerprint density at radius 1 is 0.913 bits per heavy atom. The number of hydrogen-bond donors (Lipinski definition) is 3. The van der Waals surface area contributed by atoms with Gasteiger partial charge in [0.2, 0.25) is 5.91 Å². The number of amides is 2. The molecule has 0 spiro atoms. The zero-order chi connectivity index (χ0) is 33.6. The van der Waals surface area contributed by atoms with Crippen LogP contribution in [0.25, 0.3) is 0 Å². The van der Waals surface area contributed by atoms with E-state index in [0.29, 0.717) is 60.6 Å². The molecule has 4 rings (SSSR count). The van der Waals surface area contributed by atoms with Gasteiger partial charge in [0.25, 0.3) is 5.91 Å². The summed E-state index contributed by atoms with van der Waals surface area (Å²) in [7, 11) is 1.59. The van der Waals surface area contributed by atoms with Crippen molar-refractivity contribution < 1.29 is 43.3 Å². The lowest BCUT2D eigenvalue weighted by Crippen LogP contribution is -2.42. The number of carboxylic acid groups (broad SMARTS) is 2. The zero-order valence-electron chi connectivity index (χ0n) is 25.5. The number of carboxylic acids is 2. The number of rotatable bonds is 11. The minimum absolute atomic E-state index is 0.0561. The highest BCUT2D eigenvalue weighted by Crippen LogP contribution is 2.25. The van der Waals surface area contributed by atoms with Crippen LogP contribution in [0.4, 0.5) is 15.8 Å². The van der Waals surface area contributed by atoms with Crippen molar-refractivity contribution in [2.45, 2.75) is 19.8 Å². The predicted molar refractivity (Wildman–Crippen MR) is 170 cm³/mol. The van der Waals surface area contributed by atoms with Crippen molar-refractivity contribution in [1.29, 1.82) is 0 Å². The lowest BCUT2D eigenvalue weighted by Gasteiger charge is -2.33. The number of halogens is 1. The lowest BCUT2D eigenvalue weighted by atomic mass is 9.89. The molecule has 0 aromatic heterocycles. The number of benzene rings is 3. The standard InChI is InChI=1S/C30H32FN3O4.C4H4O4/c1-21(35)32-26-12-8-24(9-13-26)30(37)34(27-4-3-5-28(20-27)38-2)19-18-33-16-14-23(15-17-33)29(36)22-6-10-25(31)11-7-22;5-3(6)1-2-4(7)8/h3-13,20,23H,14-19H2,1-2H3,(H,32,35);1-2H,(H,5,6)(H,7,8). The van der Waals surface area contributed by atoms with E-state index in [4.69, 9.17) is 14.9 Å².